The molecule has 0 unspecified atom stereocenters. The normalized spacial score (nSPS) is 23.8. The van der Waals surface area contributed by atoms with E-state index in [1.807, 2.05) is 0 Å². The van der Waals surface area contributed by atoms with Crippen LogP contribution in [0.2, 0.25) is 0 Å². The van der Waals surface area contributed by atoms with Crippen LogP contribution in [0, 0.1) is 5.92 Å². The fraction of sp³-hybridized carbons (Fsp3) is 0.571. The van der Waals surface area contributed by atoms with Crippen molar-refractivity contribution in [2.75, 3.05) is 0 Å². The summed E-state index contributed by atoms with van der Waals surface area (Å²) in [5, 5.41) is 8.85. The molecule has 0 amide bonds. The third-order valence-electron chi connectivity index (χ3n) is 3.49. The van der Waals surface area contributed by atoms with Crippen molar-refractivity contribution in [3.05, 3.63) is 29.6 Å². The number of aromatic nitrogens is 1. The Morgan fingerprint density at radius 2 is 2.17 bits per heavy atom. The minimum Gasteiger partial charge on any atom is -0.477 e. The molecule has 0 atom stereocenters. The summed E-state index contributed by atoms with van der Waals surface area (Å²) in [7, 11) is 0. The zero-order chi connectivity index (χ0) is 13.0. The molecule has 2 rings (SSSR count). The molecule has 98 valence electrons. The van der Waals surface area contributed by atoms with Crippen molar-refractivity contribution in [3.8, 4) is 0 Å². The van der Waals surface area contributed by atoms with Crippen LogP contribution in [0.15, 0.2) is 18.3 Å². The first-order chi connectivity index (χ1) is 8.65. The van der Waals surface area contributed by atoms with Crippen LogP contribution in [0.3, 0.4) is 0 Å². The van der Waals surface area contributed by atoms with E-state index < -0.39 is 5.97 Å². The lowest BCUT2D eigenvalue weighted by molar-refractivity contribution is 0.00871. The minimum atomic E-state index is -0.997. The first-order valence-electron chi connectivity index (χ1n) is 6.45. The number of hydrogen-bond donors (Lipinski definition) is 1. The Hall–Kier alpha value is -1.42. The molecule has 0 bridgehead atoms. The van der Waals surface area contributed by atoms with Crippen molar-refractivity contribution in [2.45, 2.75) is 45.3 Å². The molecule has 1 aromatic rings. The van der Waals surface area contributed by atoms with Gasteiger partial charge >= 0.3 is 5.97 Å². The Morgan fingerprint density at radius 3 is 2.83 bits per heavy atom. The summed E-state index contributed by atoms with van der Waals surface area (Å²) in [5.41, 5.74) is 0.953. The maximum absolute atomic E-state index is 10.8. The van der Waals surface area contributed by atoms with E-state index in [2.05, 4.69) is 11.9 Å². The molecule has 18 heavy (non-hydrogen) atoms. The van der Waals surface area contributed by atoms with Gasteiger partial charge in [-0.2, -0.15) is 0 Å². The van der Waals surface area contributed by atoms with Crippen LogP contribution in [0.4, 0.5) is 0 Å². The maximum Gasteiger partial charge on any atom is 0.354 e. The second kappa shape index (κ2) is 5.96. The van der Waals surface area contributed by atoms with Crippen LogP contribution in [0.1, 0.15) is 48.7 Å². The Balaban J connectivity index is 1.86. The molecule has 1 aliphatic carbocycles. The van der Waals surface area contributed by atoms with Crippen LogP contribution in [-0.4, -0.2) is 22.2 Å². The number of rotatable bonds is 4. The Bertz CT molecular complexity index is 411. The lowest BCUT2D eigenvalue weighted by Gasteiger charge is -2.26. The average Bonchev–Trinajstić information content (AvgIpc) is 2.38. The fourth-order valence-electron chi connectivity index (χ4n) is 2.29. The number of pyridine rings is 1. The zero-order valence-electron chi connectivity index (χ0n) is 10.6. The third-order valence-corrected chi connectivity index (χ3v) is 3.49. The molecule has 4 nitrogen and oxygen atoms in total. The van der Waals surface area contributed by atoms with Gasteiger partial charge in [-0.25, -0.2) is 9.78 Å². The second-order valence-electron chi connectivity index (χ2n) is 5.05. The van der Waals surface area contributed by atoms with Crippen LogP contribution in [-0.2, 0) is 11.3 Å². The molecule has 1 aromatic heterocycles. The predicted molar refractivity (Wildman–Crippen MR) is 67.4 cm³/mol. The summed E-state index contributed by atoms with van der Waals surface area (Å²) in [5.74, 6) is -0.187. The first kappa shape index (κ1) is 13.0. The molecule has 4 heteroatoms. The van der Waals surface area contributed by atoms with Gasteiger partial charge < -0.3 is 9.84 Å². The van der Waals surface area contributed by atoms with E-state index in [4.69, 9.17) is 9.84 Å². The van der Waals surface area contributed by atoms with E-state index in [1.54, 1.807) is 12.1 Å². The van der Waals surface area contributed by atoms with Gasteiger partial charge in [-0.05, 0) is 49.3 Å². The van der Waals surface area contributed by atoms with Crippen molar-refractivity contribution in [1.29, 1.82) is 0 Å². The molecule has 0 saturated heterocycles. The summed E-state index contributed by atoms with van der Waals surface area (Å²) < 4.78 is 5.83. The third kappa shape index (κ3) is 3.53. The second-order valence-corrected chi connectivity index (χ2v) is 5.05. The molecule has 1 saturated carbocycles. The van der Waals surface area contributed by atoms with Crippen LogP contribution in [0.5, 0.6) is 0 Å². The van der Waals surface area contributed by atoms with Gasteiger partial charge in [0.1, 0.15) is 5.69 Å². The Morgan fingerprint density at radius 1 is 1.44 bits per heavy atom. The lowest BCUT2D eigenvalue weighted by atomic mass is 9.89. The van der Waals surface area contributed by atoms with Crippen molar-refractivity contribution >= 4 is 5.97 Å². The SMILES string of the molecule is CC1CCC(OCc2ccnc(C(=O)O)c2)CC1. The first-order valence-corrected chi connectivity index (χ1v) is 6.45. The van der Waals surface area contributed by atoms with Crippen LogP contribution >= 0.6 is 0 Å². The molecule has 0 aliphatic heterocycles. The largest absolute Gasteiger partial charge is 0.477 e. The van der Waals surface area contributed by atoms with Crippen LogP contribution in [0.25, 0.3) is 0 Å². The molecule has 0 radical (unpaired) electrons. The van der Waals surface area contributed by atoms with Crippen molar-refractivity contribution in [1.82, 2.24) is 4.98 Å². The molecular weight excluding hydrogens is 230 g/mol. The van der Waals surface area contributed by atoms with Gasteiger partial charge in [-0.15, -0.1) is 0 Å². The van der Waals surface area contributed by atoms with E-state index in [9.17, 15) is 4.79 Å². The molecule has 1 N–H and O–H groups in total. The van der Waals surface area contributed by atoms with Crippen LogP contribution < -0.4 is 0 Å². The van der Waals surface area contributed by atoms with E-state index in [-0.39, 0.29) is 5.69 Å². The van der Waals surface area contributed by atoms with Gasteiger partial charge in [0.15, 0.2) is 0 Å². The van der Waals surface area contributed by atoms with Gasteiger partial charge in [0.25, 0.3) is 0 Å². The highest BCUT2D eigenvalue weighted by Crippen LogP contribution is 2.26. The molecule has 1 heterocycles. The average molecular weight is 249 g/mol. The van der Waals surface area contributed by atoms with E-state index in [0.29, 0.717) is 12.7 Å². The van der Waals surface area contributed by atoms with Gasteiger partial charge in [-0.3, -0.25) is 0 Å². The summed E-state index contributed by atoms with van der Waals surface area (Å²) in [6.45, 7) is 2.75. The minimum absolute atomic E-state index is 0.0772. The summed E-state index contributed by atoms with van der Waals surface area (Å²) in [6, 6.07) is 3.38. The highest BCUT2D eigenvalue weighted by molar-refractivity contribution is 5.85. The van der Waals surface area contributed by atoms with Crippen molar-refractivity contribution < 1.29 is 14.6 Å². The predicted octanol–water partition coefficient (Wildman–Crippen LogP) is 2.88. The molecule has 1 aliphatic rings. The van der Waals surface area contributed by atoms with Gasteiger partial charge in [0, 0.05) is 6.20 Å². The van der Waals surface area contributed by atoms with Crippen molar-refractivity contribution in [2.24, 2.45) is 5.92 Å². The number of ether oxygens (including phenoxy) is 1. The standard InChI is InChI=1S/C14H19NO3/c1-10-2-4-12(5-3-10)18-9-11-6-7-15-13(8-11)14(16)17/h6-8,10,12H,2-5,9H2,1H3,(H,16,17). The number of carboxylic acid groups (broad SMARTS) is 1. The van der Waals surface area contributed by atoms with E-state index >= 15 is 0 Å². The Kier molecular flexibility index (Phi) is 4.31. The zero-order valence-corrected chi connectivity index (χ0v) is 10.6. The van der Waals surface area contributed by atoms with Gasteiger partial charge in [0.05, 0.1) is 12.7 Å². The number of hydrogen-bond acceptors (Lipinski definition) is 3. The maximum atomic E-state index is 10.8. The summed E-state index contributed by atoms with van der Waals surface area (Å²) in [4.78, 5) is 14.6. The molecule has 1 fully saturated rings. The van der Waals surface area contributed by atoms with E-state index in [0.717, 1.165) is 24.3 Å². The molecule has 0 spiro atoms. The number of carboxylic acids is 1. The lowest BCUT2D eigenvalue weighted by Crippen LogP contribution is -2.20. The van der Waals surface area contributed by atoms with E-state index in [1.165, 1.54) is 19.0 Å². The molecular formula is C14H19NO3. The quantitative estimate of drug-likeness (QED) is 0.891. The number of aromatic carboxylic acids is 1. The summed E-state index contributed by atoms with van der Waals surface area (Å²) >= 11 is 0. The van der Waals surface area contributed by atoms with Crippen molar-refractivity contribution in [3.63, 3.8) is 0 Å². The van der Waals surface area contributed by atoms with Gasteiger partial charge in [-0.1, -0.05) is 6.92 Å². The monoisotopic (exact) mass is 249 g/mol. The fourth-order valence-corrected chi connectivity index (χ4v) is 2.29. The number of carbonyl (C=O) groups is 1. The van der Waals surface area contributed by atoms with Gasteiger partial charge in [0.2, 0.25) is 0 Å². The topological polar surface area (TPSA) is 59.4 Å². The molecule has 0 aromatic carbocycles. The summed E-state index contributed by atoms with van der Waals surface area (Å²) in [6.07, 6.45) is 6.51. The Labute approximate surface area is 107 Å². The highest BCUT2D eigenvalue weighted by Gasteiger charge is 2.18. The number of nitrogens with zero attached hydrogens (tertiary/aromatic N) is 1. The smallest absolute Gasteiger partial charge is 0.354 e. The highest BCUT2D eigenvalue weighted by atomic mass is 16.5.